The molecule has 0 spiro atoms. The molecule has 1 amide bonds. The van der Waals surface area contributed by atoms with E-state index in [1.807, 2.05) is 59.0 Å². The van der Waals surface area contributed by atoms with E-state index in [1.54, 1.807) is 15.3 Å². The highest BCUT2D eigenvalue weighted by molar-refractivity contribution is 7.71. The van der Waals surface area contributed by atoms with Gasteiger partial charge in [0.15, 0.2) is 0 Å². The number of hydrogen-bond acceptors (Lipinski definition) is 6. The predicted molar refractivity (Wildman–Crippen MR) is 139 cm³/mol. The van der Waals surface area contributed by atoms with Gasteiger partial charge in [-0.2, -0.15) is 0 Å². The zero-order chi connectivity index (χ0) is 24.4. The van der Waals surface area contributed by atoms with Crippen molar-refractivity contribution in [1.82, 2.24) is 28.5 Å². The van der Waals surface area contributed by atoms with E-state index in [0.717, 1.165) is 37.4 Å². The Kier molecular flexibility index (Phi) is 6.58. The standard InChI is InChI=1S/C25H27N7O2S/c1-2-12-30-23(34)20-10-6-7-11-21(20)32-24(30)27-31(25(32)35)18-29-15-13-28(14-16-29)17-22(33)26-19-8-4-3-5-9-19/h2-11H,1,12-18H2,(H,26,33). The topological polar surface area (TPSA) is 79.8 Å². The molecule has 35 heavy (non-hydrogen) atoms. The Labute approximate surface area is 207 Å². The zero-order valence-corrected chi connectivity index (χ0v) is 20.2. The molecule has 1 fully saturated rings. The van der Waals surface area contributed by atoms with Crippen LogP contribution in [0, 0.1) is 4.77 Å². The number of aromatic nitrogens is 4. The van der Waals surface area contributed by atoms with Gasteiger partial charge in [-0.25, -0.2) is 4.68 Å². The number of benzene rings is 2. The monoisotopic (exact) mass is 489 g/mol. The number of allylic oxidation sites excluding steroid dienone is 1. The molecular weight excluding hydrogens is 462 g/mol. The molecule has 0 aliphatic carbocycles. The number of para-hydroxylation sites is 2. The third kappa shape index (κ3) is 4.68. The second kappa shape index (κ2) is 9.95. The molecule has 5 rings (SSSR count). The van der Waals surface area contributed by atoms with Crippen LogP contribution in [0.2, 0.25) is 0 Å². The zero-order valence-electron chi connectivity index (χ0n) is 19.3. The number of carbonyl (C=O) groups is 1. The van der Waals surface area contributed by atoms with Gasteiger partial charge >= 0.3 is 0 Å². The van der Waals surface area contributed by atoms with Crippen molar-refractivity contribution in [1.29, 1.82) is 0 Å². The summed E-state index contributed by atoms with van der Waals surface area (Å²) in [6.45, 7) is 8.12. The van der Waals surface area contributed by atoms with Gasteiger partial charge in [-0.15, -0.1) is 11.7 Å². The Morgan fingerprint density at radius 3 is 2.46 bits per heavy atom. The molecule has 1 aliphatic heterocycles. The summed E-state index contributed by atoms with van der Waals surface area (Å²) in [7, 11) is 0. The van der Waals surface area contributed by atoms with Gasteiger partial charge in [-0.3, -0.25) is 28.4 Å². The van der Waals surface area contributed by atoms with Crippen LogP contribution in [0.1, 0.15) is 0 Å². The van der Waals surface area contributed by atoms with Crippen molar-refractivity contribution in [3.05, 3.63) is 82.4 Å². The molecular formula is C25H27N7O2S. The number of carbonyl (C=O) groups excluding carboxylic acids is 1. The third-order valence-electron chi connectivity index (χ3n) is 6.22. The summed E-state index contributed by atoms with van der Waals surface area (Å²) in [4.78, 5) is 29.8. The Bertz CT molecular complexity index is 1500. The maximum Gasteiger partial charge on any atom is 0.263 e. The van der Waals surface area contributed by atoms with Crippen LogP contribution in [0.3, 0.4) is 0 Å². The van der Waals surface area contributed by atoms with E-state index in [9.17, 15) is 9.59 Å². The van der Waals surface area contributed by atoms with Gasteiger partial charge in [0.25, 0.3) is 5.56 Å². The summed E-state index contributed by atoms with van der Waals surface area (Å²) in [6, 6.07) is 16.9. The van der Waals surface area contributed by atoms with Crippen LogP contribution in [0.5, 0.6) is 0 Å². The number of piperazine rings is 1. The first-order valence-electron chi connectivity index (χ1n) is 11.6. The summed E-state index contributed by atoms with van der Waals surface area (Å²) in [6.07, 6.45) is 1.69. The average molecular weight is 490 g/mol. The Morgan fingerprint density at radius 1 is 1.03 bits per heavy atom. The molecule has 3 heterocycles. The van der Waals surface area contributed by atoms with Crippen LogP contribution in [0.25, 0.3) is 16.7 Å². The maximum absolute atomic E-state index is 13.1. The fourth-order valence-electron chi connectivity index (χ4n) is 4.46. The molecule has 0 bridgehead atoms. The summed E-state index contributed by atoms with van der Waals surface area (Å²) in [5, 5.41) is 8.26. The lowest BCUT2D eigenvalue weighted by Crippen LogP contribution is -2.49. The molecule has 1 aliphatic rings. The van der Waals surface area contributed by atoms with Crippen LogP contribution in [0.4, 0.5) is 5.69 Å². The molecule has 0 unspecified atom stereocenters. The maximum atomic E-state index is 13.1. The van der Waals surface area contributed by atoms with E-state index >= 15 is 0 Å². The number of amides is 1. The van der Waals surface area contributed by atoms with Gasteiger partial charge in [0.05, 0.1) is 24.1 Å². The normalized spacial score (nSPS) is 15.0. The van der Waals surface area contributed by atoms with Crippen molar-refractivity contribution in [3.8, 4) is 0 Å². The fraction of sp³-hybridized carbons (Fsp3) is 0.280. The lowest BCUT2D eigenvalue weighted by atomic mass is 10.2. The van der Waals surface area contributed by atoms with Crippen LogP contribution in [-0.4, -0.2) is 67.2 Å². The second-order valence-corrected chi connectivity index (χ2v) is 8.95. The predicted octanol–water partition coefficient (Wildman–Crippen LogP) is 2.58. The molecule has 9 nitrogen and oxygen atoms in total. The lowest BCUT2D eigenvalue weighted by Gasteiger charge is -2.33. The number of fused-ring (bicyclic) bond motifs is 3. The van der Waals surface area contributed by atoms with Gasteiger partial charge in [0.1, 0.15) is 0 Å². The lowest BCUT2D eigenvalue weighted by molar-refractivity contribution is -0.117. The van der Waals surface area contributed by atoms with Crippen molar-refractivity contribution in [2.75, 3.05) is 38.0 Å². The molecule has 1 N–H and O–H groups in total. The highest BCUT2D eigenvalue weighted by Crippen LogP contribution is 2.15. The second-order valence-electron chi connectivity index (χ2n) is 8.59. The first-order valence-corrected chi connectivity index (χ1v) is 12.0. The minimum Gasteiger partial charge on any atom is -0.325 e. The molecule has 0 atom stereocenters. The van der Waals surface area contributed by atoms with E-state index < -0.39 is 0 Å². The Hall–Kier alpha value is -3.60. The largest absolute Gasteiger partial charge is 0.325 e. The molecule has 0 saturated carbocycles. The molecule has 1 saturated heterocycles. The van der Waals surface area contributed by atoms with E-state index in [2.05, 4.69) is 21.7 Å². The van der Waals surface area contributed by atoms with Crippen LogP contribution >= 0.6 is 12.2 Å². The first-order chi connectivity index (χ1) is 17.0. The average Bonchev–Trinajstić information content (AvgIpc) is 3.19. The van der Waals surface area contributed by atoms with Gasteiger partial charge in [-0.05, 0) is 36.5 Å². The van der Waals surface area contributed by atoms with Gasteiger partial charge in [-0.1, -0.05) is 36.4 Å². The highest BCUT2D eigenvalue weighted by atomic mass is 32.1. The third-order valence-corrected chi connectivity index (χ3v) is 6.61. The van der Waals surface area contributed by atoms with Crippen molar-refractivity contribution in [3.63, 3.8) is 0 Å². The molecule has 180 valence electrons. The van der Waals surface area contributed by atoms with Crippen molar-refractivity contribution in [2.45, 2.75) is 13.2 Å². The SMILES string of the molecule is C=CCn1c(=O)c2ccccc2n2c(=S)n(CN3CCN(CC(=O)Nc4ccccc4)CC3)nc12. The Morgan fingerprint density at radius 2 is 1.71 bits per heavy atom. The van der Waals surface area contributed by atoms with Crippen molar-refractivity contribution in [2.24, 2.45) is 0 Å². The number of nitrogens with one attached hydrogen (secondary N) is 1. The smallest absolute Gasteiger partial charge is 0.263 e. The van der Waals surface area contributed by atoms with Crippen LogP contribution in [-0.2, 0) is 18.0 Å². The minimum absolute atomic E-state index is 0.0145. The fourth-order valence-corrected chi connectivity index (χ4v) is 4.74. The number of nitrogens with zero attached hydrogens (tertiary/aromatic N) is 6. The van der Waals surface area contributed by atoms with Gasteiger partial charge in [0.2, 0.25) is 16.5 Å². The van der Waals surface area contributed by atoms with E-state index in [0.29, 0.717) is 35.7 Å². The quantitative estimate of drug-likeness (QED) is 0.318. The Balaban J connectivity index is 1.30. The van der Waals surface area contributed by atoms with E-state index in [4.69, 9.17) is 17.3 Å². The van der Waals surface area contributed by atoms with Gasteiger partial charge in [0, 0.05) is 38.4 Å². The molecule has 10 heteroatoms. The summed E-state index contributed by atoms with van der Waals surface area (Å²) in [5.41, 5.74) is 1.45. The van der Waals surface area contributed by atoms with E-state index in [1.165, 1.54) is 0 Å². The number of hydrogen-bond donors (Lipinski definition) is 1. The van der Waals surface area contributed by atoms with Crippen molar-refractivity contribution >= 4 is 40.5 Å². The molecule has 0 radical (unpaired) electrons. The number of anilines is 1. The summed E-state index contributed by atoms with van der Waals surface area (Å²) >= 11 is 5.78. The summed E-state index contributed by atoms with van der Waals surface area (Å²) in [5.74, 6) is 0.495. The molecule has 2 aromatic heterocycles. The van der Waals surface area contributed by atoms with Crippen LogP contribution in [0.15, 0.2) is 72.0 Å². The van der Waals surface area contributed by atoms with Gasteiger partial charge < -0.3 is 5.32 Å². The van der Waals surface area contributed by atoms with Crippen molar-refractivity contribution < 1.29 is 4.79 Å². The minimum atomic E-state index is -0.109. The first kappa shape index (κ1) is 23.2. The highest BCUT2D eigenvalue weighted by Gasteiger charge is 2.21. The van der Waals surface area contributed by atoms with Crippen LogP contribution < -0.4 is 10.9 Å². The molecule has 4 aromatic rings. The number of rotatable bonds is 7. The summed E-state index contributed by atoms with van der Waals surface area (Å²) < 4.78 is 5.78. The molecule has 2 aromatic carbocycles. The van der Waals surface area contributed by atoms with E-state index in [-0.39, 0.29) is 11.5 Å².